The van der Waals surface area contributed by atoms with Crippen molar-refractivity contribution in [2.75, 3.05) is 20.8 Å². The molecule has 0 saturated heterocycles. The van der Waals surface area contributed by atoms with E-state index in [1.807, 2.05) is 0 Å². The van der Waals surface area contributed by atoms with Crippen LogP contribution < -0.4 is 10.1 Å². The van der Waals surface area contributed by atoms with Crippen LogP contribution in [0.25, 0.3) is 0 Å². The summed E-state index contributed by atoms with van der Waals surface area (Å²) in [5.41, 5.74) is 0.00453. The first kappa shape index (κ1) is 19.6. The number of carboxylic acids is 1. The number of nitrogens with one attached hydrogen (secondary N) is 1. The van der Waals surface area contributed by atoms with E-state index < -0.39 is 11.5 Å². The lowest BCUT2D eigenvalue weighted by molar-refractivity contribution is -0.139. The van der Waals surface area contributed by atoms with Gasteiger partial charge in [-0.05, 0) is 32.0 Å². The second kappa shape index (κ2) is 8.44. The van der Waals surface area contributed by atoms with E-state index in [4.69, 9.17) is 14.6 Å². The smallest absolute Gasteiger partial charge is 0.305 e. The number of amides is 1. The van der Waals surface area contributed by atoms with Crippen LogP contribution in [0.4, 0.5) is 0 Å². The van der Waals surface area contributed by atoms with Crippen molar-refractivity contribution < 1.29 is 29.0 Å². The highest BCUT2D eigenvalue weighted by Gasteiger charge is 2.29. The maximum atomic E-state index is 12.3. The van der Waals surface area contributed by atoms with Crippen LogP contribution in [0, 0.1) is 0 Å². The summed E-state index contributed by atoms with van der Waals surface area (Å²) in [5, 5.41) is 11.7. The third-order valence-corrected chi connectivity index (χ3v) is 3.48. The number of benzene rings is 1. The predicted molar refractivity (Wildman–Crippen MR) is 87.4 cm³/mol. The van der Waals surface area contributed by atoms with E-state index in [0.717, 1.165) is 0 Å². The molecule has 0 fully saturated rings. The Morgan fingerprint density at radius 1 is 1.25 bits per heavy atom. The third-order valence-electron chi connectivity index (χ3n) is 3.48. The Morgan fingerprint density at radius 3 is 2.42 bits per heavy atom. The van der Waals surface area contributed by atoms with Crippen LogP contribution in [-0.2, 0) is 20.7 Å². The highest BCUT2D eigenvalue weighted by atomic mass is 16.5. The number of aliphatic carboxylic acids is 1. The van der Waals surface area contributed by atoms with Crippen LogP contribution in [0.15, 0.2) is 18.2 Å². The van der Waals surface area contributed by atoms with Crippen LogP contribution in [0.3, 0.4) is 0 Å². The van der Waals surface area contributed by atoms with Crippen molar-refractivity contribution in [1.29, 1.82) is 0 Å². The van der Waals surface area contributed by atoms with E-state index in [1.165, 1.54) is 21.1 Å². The number of carboxylic acid groups (broad SMARTS) is 1. The molecule has 7 heteroatoms. The summed E-state index contributed by atoms with van der Waals surface area (Å²) in [6, 6.07) is 4.86. The fraction of sp³-hybridized carbons (Fsp3) is 0.471. The minimum Gasteiger partial charge on any atom is -0.496 e. The first-order valence-electron chi connectivity index (χ1n) is 7.40. The Morgan fingerprint density at radius 2 is 1.92 bits per heavy atom. The molecule has 2 N–H and O–H groups in total. The predicted octanol–water partition coefficient (Wildman–Crippen LogP) is 1.44. The summed E-state index contributed by atoms with van der Waals surface area (Å²) in [6.45, 7) is 3.11. The SMILES string of the molecule is COCC(C)(CC(=O)O)NC(=O)Cc1cc(C(C)=O)ccc1OC. The van der Waals surface area contributed by atoms with E-state index >= 15 is 0 Å². The van der Waals surface area contributed by atoms with Gasteiger partial charge in [-0.2, -0.15) is 0 Å². The van der Waals surface area contributed by atoms with Gasteiger partial charge in [-0.1, -0.05) is 0 Å². The number of carbonyl (C=O) groups is 3. The largest absolute Gasteiger partial charge is 0.496 e. The summed E-state index contributed by atoms with van der Waals surface area (Å²) in [4.78, 5) is 34.8. The molecular formula is C17H23NO6. The Kier molecular flexibility index (Phi) is 6.91. The average Bonchev–Trinajstić information content (AvgIpc) is 2.45. The lowest BCUT2D eigenvalue weighted by Crippen LogP contribution is -2.51. The monoisotopic (exact) mass is 337 g/mol. The summed E-state index contributed by atoms with van der Waals surface area (Å²) >= 11 is 0. The molecule has 0 saturated carbocycles. The van der Waals surface area contributed by atoms with Crippen molar-refractivity contribution in [3.8, 4) is 5.75 Å². The van der Waals surface area contributed by atoms with Gasteiger partial charge in [-0.25, -0.2) is 0 Å². The topological polar surface area (TPSA) is 102 Å². The minimum absolute atomic E-state index is 0.0385. The van der Waals surface area contributed by atoms with Crippen molar-refractivity contribution in [3.63, 3.8) is 0 Å². The molecule has 1 aromatic carbocycles. The fourth-order valence-electron chi connectivity index (χ4n) is 2.47. The number of ketones is 1. The summed E-state index contributed by atoms with van der Waals surface area (Å²) in [7, 11) is 2.91. The lowest BCUT2D eigenvalue weighted by Gasteiger charge is -2.28. The second-order valence-corrected chi connectivity index (χ2v) is 5.87. The van der Waals surface area contributed by atoms with Gasteiger partial charge in [0.25, 0.3) is 0 Å². The Hall–Kier alpha value is -2.41. The van der Waals surface area contributed by atoms with Gasteiger partial charge in [-0.3, -0.25) is 14.4 Å². The molecule has 0 aliphatic heterocycles. The molecule has 132 valence electrons. The number of methoxy groups -OCH3 is 2. The van der Waals surface area contributed by atoms with E-state index in [-0.39, 0.29) is 31.1 Å². The lowest BCUT2D eigenvalue weighted by atomic mass is 9.97. The van der Waals surface area contributed by atoms with Gasteiger partial charge < -0.3 is 19.9 Å². The first-order valence-corrected chi connectivity index (χ1v) is 7.40. The molecular weight excluding hydrogens is 314 g/mol. The zero-order valence-corrected chi connectivity index (χ0v) is 14.3. The van der Waals surface area contributed by atoms with Crippen molar-refractivity contribution >= 4 is 17.7 Å². The third kappa shape index (κ3) is 5.66. The molecule has 1 amide bonds. The summed E-state index contributed by atoms with van der Waals surface area (Å²) in [5.74, 6) is -1.04. The second-order valence-electron chi connectivity index (χ2n) is 5.87. The maximum absolute atomic E-state index is 12.3. The van der Waals surface area contributed by atoms with Crippen molar-refractivity contribution in [2.45, 2.75) is 32.2 Å². The Labute approximate surface area is 141 Å². The van der Waals surface area contributed by atoms with E-state index in [0.29, 0.717) is 16.9 Å². The Balaban J connectivity index is 2.95. The molecule has 0 aliphatic rings. The molecule has 0 bridgehead atoms. The fourth-order valence-corrected chi connectivity index (χ4v) is 2.47. The Bertz CT molecular complexity index is 628. The molecule has 0 aromatic heterocycles. The molecule has 0 heterocycles. The molecule has 0 spiro atoms. The molecule has 1 atom stereocenters. The van der Waals surface area contributed by atoms with Crippen LogP contribution in [0.2, 0.25) is 0 Å². The van der Waals surface area contributed by atoms with Gasteiger partial charge in [0.1, 0.15) is 5.75 Å². The first-order chi connectivity index (χ1) is 11.2. The van der Waals surface area contributed by atoms with Gasteiger partial charge in [0.15, 0.2) is 5.78 Å². The number of carbonyl (C=O) groups excluding carboxylic acids is 2. The zero-order valence-electron chi connectivity index (χ0n) is 14.3. The molecule has 0 radical (unpaired) electrons. The van der Waals surface area contributed by atoms with Crippen LogP contribution in [0.1, 0.15) is 36.2 Å². The minimum atomic E-state index is -1.04. The summed E-state index contributed by atoms with van der Waals surface area (Å²) < 4.78 is 10.2. The normalized spacial score (nSPS) is 13.0. The standard InChI is InChI=1S/C17H23NO6/c1-11(19)12-5-6-14(24-4)13(7-12)8-15(20)18-17(2,10-23-3)9-16(21)22/h5-7H,8-10H2,1-4H3,(H,18,20)(H,21,22). The van der Waals surface area contributed by atoms with Crippen molar-refractivity contribution in [3.05, 3.63) is 29.3 Å². The van der Waals surface area contributed by atoms with E-state index in [2.05, 4.69) is 5.32 Å². The average molecular weight is 337 g/mol. The van der Waals surface area contributed by atoms with Crippen LogP contribution in [0.5, 0.6) is 5.75 Å². The number of hydrogen-bond donors (Lipinski definition) is 2. The number of hydrogen-bond acceptors (Lipinski definition) is 5. The quantitative estimate of drug-likeness (QED) is 0.661. The highest BCUT2D eigenvalue weighted by molar-refractivity contribution is 5.94. The molecule has 7 nitrogen and oxygen atoms in total. The van der Waals surface area contributed by atoms with Crippen LogP contribution >= 0.6 is 0 Å². The van der Waals surface area contributed by atoms with Gasteiger partial charge in [0.2, 0.25) is 5.91 Å². The van der Waals surface area contributed by atoms with E-state index in [1.54, 1.807) is 25.1 Å². The molecule has 0 aliphatic carbocycles. The van der Waals surface area contributed by atoms with Crippen molar-refractivity contribution in [2.24, 2.45) is 0 Å². The highest BCUT2D eigenvalue weighted by Crippen LogP contribution is 2.21. The number of Topliss-reactive ketones (excluding diaryl/α,β-unsaturated/α-hetero) is 1. The number of rotatable bonds is 9. The zero-order chi connectivity index (χ0) is 18.3. The van der Waals surface area contributed by atoms with Gasteiger partial charge in [-0.15, -0.1) is 0 Å². The van der Waals surface area contributed by atoms with Gasteiger partial charge in [0.05, 0.1) is 32.1 Å². The van der Waals surface area contributed by atoms with Crippen molar-refractivity contribution in [1.82, 2.24) is 5.32 Å². The van der Waals surface area contributed by atoms with Gasteiger partial charge in [0, 0.05) is 18.2 Å². The molecule has 1 rings (SSSR count). The van der Waals surface area contributed by atoms with Crippen LogP contribution in [-0.4, -0.2) is 49.1 Å². The van der Waals surface area contributed by atoms with E-state index in [9.17, 15) is 14.4 Å². The molecule has 1 unspecified atom stereocenters. The molecule has 1 aromatic rings. The summed E-state index contributed by atoms with van der Waals surface area (Å²) in [6.07, 6.45) is -0.305. The number of ether oxygens (including phenoxy) is 2. The molecule has 24 heavy (non-hydrogen) atoms. The maximum Gasteiger partial charge on any atom is 0.305 e. The van der Waals surface area contributed by atoms with Gasteiger partial charge >= 0.3 is 5.97 Å².